The van der Waals surface area contributed by atoms with Crippen LogP contribution in [0.2, 0.25) is 0 Å². The molecule has 17 heavy (non-hydrogen) atoms. The molecule has 0 aliphatic carbocycles. The minimum atomic E-state index is -3.21. The van der Waals surface area contributed by atoms with Gasteiger partial charge in [-0.3, -0.25) is 0 Å². The first-order chi connectivity index (χ1) is 8.10. The van der Waals surface area contributed by atoms with Crippen LogP contribution in [0.5, 0.6) is 0 Å². The predicted molar refractivity (Wildman–Crippen MR) is 67.7 cm³/mol. The summed E-state index contributed by atoms with van der Waals surface area (Å²) in [6, 6.07) is 0. The highest BCUT2D eigenvalue weighted by Crippen LogP contribution is 2.17. The summed E-state index contributed by atoms with van der Waals surface area (Å²) in [6.45, 7) is 4.40. The van der Waals surface area contributed by atoms with Crippen molar-refractivity contribution in [3.63, 3.8) is 0 Å². The molecule has 0 saturated carbocycles. The van der Waals surface area contributed by atoms with Crippen molar-refractivity contribution in [2.24, 2.45) is 0 Å². The largest absolute Gasteiger partial charge is 0.305 e. The van der Waals surface area contributed by atoms with Crippen molar-refractivity contribution in [3.8, 4) is 0 Å². The highest BCUT2D eigenvalue weighted by molar-refractivity contribution is 7.86. The first-order valence-electron chi connectivity index (χ1n) is 6.36. The van der Waals surface area contributed by atoms with E-state index in [1.165, 1.54) is 0 Å². The normalized spacial score (nSPS) is 26.9. The number of hydrogen-bond acceptors (Lipinski definition) is 3. The van der Waals surface area contributed by atoms with E-state index in [0.29, 0.717) is 26.2 Å². The van der Waals surface area contributed by atoms with Crippen molar-refractivity contribution in [1.82, 2.24) is 13.5 Å². The van der Waals surface area contributed by atoms with Gasteiger partial charge in [0, 0.05) is 32.7 Å². The molecular formula is C11H22N3O2S. The summed E-state index contributed by atoms with van der Waals surface area (Å²) < 4.78 is 28.1. The molecule has 0 bridgehead atoms. The van der Waals surface area contributed by atoms with E-state index in [-0.39, 0.29) is 0 Å². The van der Waals surface area contributed by atoms with Crippen molar-refractivity contribution >= 4 is 10.2 Å². The van der Waals surface area contributed by atoms with Crippen molar-refractivity contribution in [3.05, 3.63) is 6.42 Å². The van der Waals surface area contributed by atoms with E-state index in [2.05, 4.69) is 11.3 Å². The third kappa shape index (κ3) is 3.19. The first kappa shape index (κ1) is 13.3. The van der Waals surface area contributed by atoms with Gasteiger partial charge in [0.2, 0.25) is 0 Å². The summed E-state index contributed by atoms with van der Waals surface area (Å²) in [5, 5.41) is 0. The predicted octanol–water partition coefficient (Wildman–Crippen LogP) is 0.169. The lowest BCUT2D eigenvalue weighted by Crippen LogP contribution is -2.47. The minimum absolute atomic E-state index is 0.624. The fraction of sp³-hybridized carbons (Fsp3) is 0.909. The number of nitrogens with zero attached hydrogens (tertiary/aromatic N) is 3. The van der Waals surface area contributed by atoms with Crippen LogP contribution in [0.1, 0.15) is 19.3 Å². The lowest BCUT2D eigenvalue weighted by atomic mass is 10.2. The summed E-state index contributed by atoms with van der Waals surface area (Å²) >= 11 is 0. The van der Waals surface area contributed by atoms with Crippen LogP contribution in [0.25, 0.3) is 0 Å². The van der Waals surface area contributed by atoms with Crippen LogP contribution in [0.3, 0.4) is 0 Å². The Morgan fingerprint density at radius 2 is 1.53 bits per heavy atom. The van der Waals surface area contributed by atoms with E-state index in [1.807, 2.05) is 7.05 Å². The van der Waals surface area contributed by atoms with Crippen LogP contribution in [0.15, 0.2) is 0 Å². The lowest BCUT2D eigenvalue weighted by Gasteiger charge is -2.31. The van der Waals surface area contributed by atoms with Crippen molar-refractivity contribution in [2.45, 2.75) is 19.3 Å². The minimum Gasteiger partial charge on any atom is -0.305 e. The molecule has 2 fully saturated rings. The van der Waals surface area contributed by atoms with Gasteiger partial charge in [-0.1, -0.05) is 0 Å². The summed E-state index contributed by atoms with van der Waals surface area (Å²) in [7, 11) is -1.16. The van der Waals surface area contributed by atoms with Gasteiger partial charge in [0.1, 0.15) is 0 Å². The van der Waals surface area contributed by atoms with Crippen LogP contribution in [-0.2, 0) is 10.2 Å². The molecular weight excluding hydrogens is 238 g/mol. The highest BCUT2D eigenvalue weighted by atomic mass is 32.2. The van der Waals surface area contributed by atoms with Gasteiger partial charge in [-0.25, -0.2) is 0 Å². The molecule has 0 amide bonds. The third-order valence-corrected chi connectivity index (χ3v) is 5.53. The van der Waals surface area contributed by atoms with Crippen LogP contribution >= 0.6 is 0 Å². The molecule has 0 atom stereocenters. The molecule has 0 N–H and O–H groups in total. The average molecular weight is 260 g/mol. The van der Waals surface area contributed by atoms with E-state index in [0.717, 1.165) is 32.4 Å². The van der Waals surface area contributed by atoms with Crippen LogP contribution < -0.4 is 0 Å². The van der Waals surface area contributed by atoms with Crippen molar-refractivity contribution in [1.29, 1.82) is 0 Å². The quantitative estimate of drug-likeness (QED) is 0.711. The smallest absolute Gasteiger partial charge is 0.282 e. The molecule has 0 aromatic heterocycles. The van der Waals surface area contributed by atoms with Crippen LogP contribution in [0, 0.1) is 6.42 Å². The Labute approximate surface area is 105 Å². The Kier molecular flexibility index (Phi) is 4.41. The molecule has 2 rings (SSSR count). The second kappa shape index (κ2) is 5.65. The van der Waals surface area contributed by atoms with Gasteiger partial charge in [-0.2, -0.15) is 17.0 Å². The third-order valence-electron chi connectivity index (χ3n) is 3.50. The maximum Gasteiger partial charge on any atom is 0.282 e. The topological polar surface area (TPSA) is 43.9 Å². The molecule has 99 valence electrons. The zero-order valence-electron chi connectivity index (χ0n) is 10.5. The summed E-state index contributed by atoms with van der Waals surface area (Å²) in [6.07, 6.45) is 4.86. The van der Waals surface area contributed by atoms with Crippen molar-refractivity contribution < 1.29 is 8.42 Å². The molecule has 2 aliphatic heterocycles. The molecule has 0 aromatic rings. The molecule has 2 heterocycles. The van der Waals surface area contributed by atoms with Gasteiger partial charge < -0.3 is 4.90 Å². The second-order valence-electron chi connectivity index (χ2n) is 4.83. The van der Waals surface area contributed by atoms with Crippen LogP contribution in [0.4, 0.5) is 0 Å². The summed E-state index contributed by atoms with van der Waals surface area (Å²) in [5.74, 6) is 0. The van der Waals surface area contributed by atoms with E-state index in [9.17, 15) is 8.42 Å². The second-order valence-corrected chi connectivity index (χ2v) is 6.76. The average Bonchev–Trinajstić information content (AvgIpc) is 2.55. The van der Waals surface area contributed by atoms with Gasteiger partial charge in [-0.05, 0) is 39.3 Å². The van der Waals surface area contributed by atoms with E-state index in [1.54, 1.807) is 8.61 Å². The number of hydrogen-bond donors (Lipinski definition) is 0. The monoisotopic (exact) mass is 260 g/mol. The molecule has 5 nitrogen and oxygen atoms in total. The molecule has 0 spiro atoms. The molecule has 0 aromatic carbocycles. The molecule has 6 heteroatoms. The molecule has 0 unspecified atom stereocenters. The standard InChI is InChI=1S/C11H22N3O2S/c1-12-6-5-9-14(11-10-12)17(15,16)13-7-3-2-4-8-13/h2H,3-11H2,1H3. The zero-order valence-corrected chi connectivity index (χ0v) is 11.3. The van der Waals surface area contributed by atoms with Gasteiger partial charge in [-0.15, -0.1) is 0 Å². The van der Waals surface area contributed by atoms with Crippen LogP contribution in [-0.4, -0.2) is 68.2 Å². The fourth-order valence-corrected chi connectivity index (χ4v) is 4.05. The van der Waals surface area contributed by atoms with Gasteiger partial charge in [0.05, 0.1) is 0 Å². The Morgan fingerprint density at radius 3 is 2.24 bits per heavy atom. The maximum absolute atomic E-state index is 12.4. The van der Waals surface area contributed by atoms with Crippen molar-refractivity contribution in [2.75, 3.05) is 46.3 Å². The lowest BCUT2D eigenvalue weighted by molar-refractivity contribution is 0.317. The number of rotatable bonds is 2. The highest BCUT2D eigenvalue weighted by Gasteiger charge is 2.31. The molecule has 1 radical (unpaired) electrons. The zero-order chi connectivity index (χ0) is 12.3. The Balaban J connectivity index is 2.03. The molecule has 2 aliphatic rings. The van der Waals surface area contributed by atoms with E-state index < -0.39 is 10.2 Å². The Bertz CT molecular complexity index is 339. The number of likely N-dealkylation sites (N-methyl/N-ethyl adjacent to an activating group) is 1. The molecule has 2 saturated heterocycles. The van der Waals surface area contributed by atoms with E-state index >= 15 is 0 Å². The fourth-order valence-electron chi connectivity index (χ4n) is 2.37. The Morgan fingerprint density at radius 1 is 0.882 bits per heavy atom. The Hall–Kier alpha value is -0.170. The first-order valence-corrected chi connectivity index (χ1v) is 7.76. The maximum atomic E-state index is 12.4. The SMILES string of the molecule is CN1CCCN(S(=O)(=O)N2CC[CH]CC2)CC1. The number of piperidine rings is 1. The summed E-state index contributed by atoms with van der Waals surface area (Å²) in [4.78, 5) is 2.19. The van der Waals surface area contributed by atoms with Gasteiger partial charge in [0.25, 0.3) is 10.2 Å². The van der Waals surface area contributed by atoms with E-state index in [4.69, 9.17) is 0 Å². The summed E-state index contributed by atoms with van der Waals surface area (Å²) in [5.41, 5.74) is 0. The van der Waals surface area contributed by atoms with Gasteiger partial charge >= 0.3 is 0 Å². The van der Waals surface area contributed by atoms with Gasteiger partial charge in [0.15, 0.2) is 0 Å².